The molecule has 0 amide bonds. The van der Waals surface area contributed by atoms with Crippen molar-refractivity contribution < 1.29 is 4.42 Å². The molecule has 62 valence electrons. The number of hydrogen-bond donors (Lipinski definition) is 0. The molecule has 1 heterocycles. The van der Waals surface area contributed by atoms with Gasteiger partial charge in [-0.2, -0.15) is 0 Å². The summed E-state index contributed by atoms with van der Waals surface area (Å²) < 4.78 is 4.88. The summed E-state index contributed by atoms with van der Waals surface area (Å²) in [4.78, 5) is 4.07. The molecule has 0 aliphatic heterocycles. The summed E-state index contributed by atoms with van der Waals surface area (Å²) in [6.07, 6.45) is 4.23. The molecule has 0 fully saturated rings. The van der Waals surface area contributed by atoms with Gasteiger partial charge in [-0.3, -0.25) is 0 Å². The van der Waals surface area contributed by atoms with Crippen molar-refractivity contribution in [3.05, 3.63) is 18.4 Å². The first-order valence-corrected chi connectivity index (χ1v) is 4.07. The Bertz CT molecular complexity index is 191. The molecule has 0 aliphatic carbocycles. The minimum Gasteiger partial charge on any atom is -0.451 e. The number of aromatic nitrogens is 1. The van der Waals surface area contributed by atoms with E-state index in [1.165, 1.54) is 6.39 Å². The van der Waals surface area contributed by atoms with E-state index in [-0.39, 0.29) is 0 Å². The van der Waals surface area contributed by atoms with Gasteiger partial charge in [0.05, 0.1) is 5.69 Å². The van der Waals surface area contributed by atoms with Gasteiger partial charge < -0.3 is 4.42 Å². The van der Waals surface area contributed by atoms with E-state index in [1.54, 1.807) is 6.26 Å². The Labute approximate surface area is 67.6 Å². The van der Waals surface area contributed by atoms with Gasteiger partial charge in [-0.25, -0.2) is 4.98 Å². The molecular formula is C9H15NO. The average molecular weight is 153 g/mol. The normalized spacial score (nSPS) is 13.8. The van der Waals surface area contributed by atoms with Crippen molar-refractivity contribution in [2.45, 2.75) is 27.2 Å². The van der Waals surface area contributed by atoms with Crippen LogP contribution in [0.3, 0.4) is 0 Å². The number of nitrogens with zero attached hydrogens (tertiary/aromatic N) is 1. The highest BCUT2D eigenvalue weighted by Gasteiger charge is 2.08. The minimum absolute atomic E-state index is 0.681. The molecule has 0 bridgehead atoms. The van der Waals surface area contributed by atoms with Crippen molar-refractivity contribution in [1.82, 2.24) is 4.98 Å². The van der Waals surface area contributed by atoms with E-state index >= 15 is 0 Å². The Morgan fingerprint density at radius 2 is 2.18 bits per heavy atom. The van der Waals surface area contributed by atoms with Crippen LogP contribution in [0.25, 0.3) is 0 Å². The van der Waals surface area contributed by atoms with E-state index < -0.39 is 0 Å². The van der Waals surface area contributed by atoms with Crippen molar-refractivity contribution in [3.8, 4) is 0 Å². The Kier molecular flexibility index (Phi) is 2.69. The molecule has 0 saturated carbocycles. The standard InChI is InChI=1S/C9H15NO/c1-7(2)8(3)4-9-5-11-6-10-9/h5-8H,4H2,1-3H3. The summed E-state index contributed by atoms with van der Waals surface area (Å²) in [5.74, 6) is 1.40. The lowest BCUT2D eigenvalue weighted by Gasteiger charge is -2.12. The molecule has 1 rings (SSSR count). The first-order chi connectivity index (χ1) is 5.20. The van der Waals surface area contributed by atoms with Crippen LogP contribution in [0.15, 0.2) is 17.1 Å². The fourth-order valence-electron chi connectivity index (χ4n) is 0.904. The second-order valence-corrected chi connectivity index (χ2v) is 3.41. The summed E-state index contributed by atoms with van der Waals surface area (Å²) in [6, 6.07) is 0. The SMILES string of the molecule is CC(C)C(C)Cc1cocn1. The monoisotopic (exact) mass is 153 g/mol. The number of oxazole rings is 1. The second-order valence-electron chi connectivity index (χ2n) is 3.41. The van der Waals surface area contributed by atoms with E-state index in [4.69, 9.17) is 4.42 Å². The van der Waals surface area contributed by atoms with Crippen LogP contribution in [0.4, 0.5) is 0 Å². The van der Waals surface area contributed by atoms with E-state index in [0.717, 1.165) is 12.1 Å². The first-order valence-electron chi connectivity index (χ1n) is 4.07. The third-order valence-corrected chi connectivity index (χ3v) is 2.15. The third-order valence-electron chi connectivity index (χ3n) is 2.15. The predicted molar refractivity (Wildman–Crippen MR) is 44.2 cm³/mol. The van der Waals surface area contributed by atoms with Crippen LogP contribution < -0.4 is 0 Å². The zero-order valence-corrected chi connectivity index (χ0v) is 7.37. The summed E-state index contributed by atoms with van der Waals surface area (Å²) >= 11 is 0. The third kappa shape index (κ3) is 2.37. The van der Waals surface area contributed by atoms with Crippen LogP contribution in [0.1, 0.15) is 26.5 Å². The molecule has 0 aliphatic rings. The fraction of sp³-hybridized carbons (Fsp3) is 0.667. The molecule has 0 N–H and O–H groups in total. The van der Waals surface area contributed by atoms with Crippen LogP contribution in [0.2, 0.25) is 0 Å². The van der Waals surface area contributed by atoms with Crippen molar-refractivity contribution in [2.75, 3.05) is 0 Å². The van der Waals surface area contributed by atoms with Crippen LogP contribution in [-0.4, -0.2) is 4.98 Å². The summed E-state index contributed by atoms with van der Waals surface area (Å²) in [7, 11) is 0. The zero-order valence-electron chi connectivity index (χ0n) is 7.37. The van der Waals surface area contributed by atoms with E-state index in [1.807, 2.05) is 0 Å². The van der Waals surface area contributed by atoms with Crippen molar-refractivity contribution >= 4 is 0 Å². The molecule has 1 unspecified atom stereocenters. The highest BCUT2D eigenvalue weighted by molar-refractivity contribution is 4.92. The zero-order chi connectivity index (χ0) is 8.27. The lowest BCUT2D eigenvalue weighted by Crippen LogP contribution is -2.07. The lowest BCUT2D eigenvalue weighted by molar-refractivity contribution is 0.413. The Morgan fingerprint density at radius 1 is 1.45 bits per heavy atom. The maximum Gasteiger partial charge on any atom is 0.180 e. The Hall–Kier alpha value is -0.790. The van der Waals surface area contributed by atoms with Gasteiger partial charge >= 0.3 is 0 Å². The maximum absolute atomic E-state index is 4.88. The molecule has 0 aromatic carbocycles. The molecule has 1 atom stereocenters. The van der Waals surface area contributed by atoms with Crippen LogP contribution in [0.5, 0.6) is 0 Å². The highest BCUT2D eigenvalue weighted by Crippen LogP contribution is 2.14. The molecule has 1 aromatic rings. The molecule has 1 aromatic heterocycles. The first kappa shape index (κ1) is 8.31. The number of rotatable bonds is 3. The van der Waals surface area contributed by atoms with Gasteiger partial charge in [-0.05, 0) is 18.3 Å². The molecule has 11 heavy (non-hydrogen) atoms. The molecule has 2 heteroatoms. The van der Waals surface area contributed by atoms with Gasteiger partial charge in [0.25, 0.3) is 0 Å². The van der Waals surface area contributed by atoms with Crippen LogP contribution >= 0.6 is 0 Å². The average Bonchev–Trinajstić information content (AvgIpc) is 2.39. The van der Waals surface area contributed by atoms with Gasteiger partial charge in [0.2, 0.25) is 0 Å². The van der Waals surface area contributed by atoms with Gasteiger partial charge in [0.15, 0.2) is 6.39 Å². The Morgan fingerprint density at radius 3 is 2.64 bits per heavy atom. The second kappa shape index (κ2) is 3.56. The summed E-state index contributed by atoms with van der Waals surface area (Å²) in [5.41, 5.74) is 1.06. The largest absolute Gasteiger partial charge is 0.451 e. The van der Waals surface area contributed by atoms with Gasteiger partial charge in [-0.15, -0.1) is 0 Å². The van der Waals surface area contributed by atoms with Crippen molar-refractivity contribution in [1.29, 1.82) is 0 Å². The smallest absolute Gasteiger partial charge is 0.180 e. The van der Waals surface area contributed by atoms with E-state index in [0.29, 0.717) is 11.8 Å². The van der Waals surface area contributed by atoms with Gasteiger partial charge in [0.1, 0.15) is 6.26 Å². The van der Waals surface area contributed by atoms with Crippen LogP contribution in [-0.2, 0) is 6.42 Å². The molecular weight excluding hydrogens is 138 g/mol. The highest BCUT2D eigenvalue weighted by atomic mass is 16.3. The molecule has 0 saturated heterocycles. The van der Waals surface area contributed by atoms with Gasteiger partial charge in [-0.1, -0.05) is 20.8 Å². The Balaban J connectivity index is 2.43. The maximum atomic E-state index is 4.88. The van der Waals surface area contributed by atoms with E-state index in [2.05, 4.69) is 25.8 Å². The summed E-state index contributed by atoms with van der Waals surface area (Å²) in [6.45, 7) is 6.69. The summed E-state index contributed by atoms with van der Waals surface area (Å²) in [5, 5.41) is 0. The quantitative estimate of drug-likeness (QED) is 0.666. The lowest BCUT2D eigenvalue weighted by atomic mass is 9.94. The van der Waals surface area contributed by atoms with Crippen molar-refractivity contribution in [3.63, 3.8) is 0 Å². The van der Waals surface area contributed by atoms with Crippen LogP contribution in [0, 0.1) is 11.8 Å². The molecule has 2 nitrogen and oxygen atoms in total. The van der Waals surface area contributed by atoms with Gasteiger partial charge in [0, 0.05) is 0 Å². The number of hydrogen-bond acceptors (Lipinski definition) is 2. The van der Waals surface area contributed by atoms with Crippen molar-refractivity contribution in [2.24, 2.45) is 11.8 Å². The minimum atomic E-state index is 0.681. The topological polar surface area (TPSA) is 26.0 Å². The predicted octanol–water partition coefficient (Wildman–Crippen LogP) is 2.51. The molecule has 0 radical (unpaired) electrons. The molecule has 0 spiro atoms. The fourth-order valence-corrected chi connectivity index (χ4v) is 0.904. The van der Waals surface area contributed by atoms with E-state index in [9.17, 15) is 0 Å².